The van der Waals surface area contributed by atoms with Crippen molar-refractivity contribution < 1.29 is 23.4 Å². The van der Waals surface area contributed by atoms with Crippen molar-refractivity contribution in [2.75, 3.05) is 13.7 Å². The van der Waals surface area contributed by atoms with E-state index in [0.29, 0.717) is 24.5 Å². The van der Waals surface area contributed by atoms with E-state index in [-0.39, 0.29) is 17.8 Å². The van der Waals surface area contributed by atoms with E-state index in [0.717, 1.165) is 5.75 Å². The first kappa shape index (κ1) is 19.6. The zero-order valence-electron chi connectivity index (χ0n) is 15.2. The Kier molecular flexibility index (Phi) is 7.26. The van der Waals surface area contributed by atoms with Crippen molar-refractivity contribution in [1.82, 2.24) is 5.32 Å². The van der Waals surface area contributed by atoms with Crippen LogP contribution in [0.15, 0.2) is 48.5 Å². The standard InChI is InChI=1S/C20H24FNO4/c1-4-19(26-18-7-5-15(21)6-8-18)20(23)22-14(2)13-25-17-11-9-16(24-3)10-12-17/h5-12,14,19H,4,13H2,1-3H3,(H,22,23)/t14-,19+/m1/s1. The van der Waals surface area contributed by atoms with Gasteiger partial charge in [0.15, 0.2) is 6.10 Å². The van der Waals surface area contributed by atoms with E-state index < -0.39 is 6.10 Å². The fourth-order valence-corrected chi connectivity index (χ4v) is 2.27. The summed E-state index contributed by atoms with van der Waals surface area (Å²) in [6.07, 6.45) is -0.154. The Morgan fingerprint density at radius 2 is 1.62 bits per heavy atom. The van der Waals surface area contributed by atoms with Gasteiger partial charge in [-0.25, -0.2) is 4.39 Å². The normalized spacial score (nSPS) is 12.8. The van der Waals surface area contributed by atoms with Gasteiger partial charge in [-0.3, -0.25) is 4.79 Å². The molecule has 140 valence electrons. The van der Waals surface area contributed by atoms with Gasteiger partial charge in [0.25, 0.3) is 5.91 Å². The summed E-state index contributed by atoms with van der Waals surface area (Å²) < 4.78 is 29.3. The first-order valence-corrected chi connectivity index (χ1v) is 8.51. The number of hydrogen-bond donors (Lipinski definition) is 1. The van der Waals surface area contributed by atoms with Crippen LogP contribution in [0.2, 0.25) is 0 Å². The van der Waals surface area contributed by atoms with Crippen molar-refractivity contribution in [1.29, 1.82) is 0 Å². The second-order valence-corrected chi connectivity index (χ2v) is 5.86. The fourth-order valence-electron chi connectivity index (χ4n) is 2.27. The lowest BCUT2D eigenvalue weighted by atomic mass is 10.2. The highest BCUT2D eigenvalue weighted by Gasteiger charge is 2.20. The molecule has 0 heterocycles. The van der Waals surface area contributed by atoms with Crippen LogP contribution in [0.5, 0.6) is 17.2 Å². The summed E-state index contributed by atoms with van der Waals surface area (Å²) >= 11 is 0. The number of carbonyl (C=O) groups is 1. The van der Waals surface area contributed by atoms with Gasteiger partial charge in [0.05, 0.1) is 13.2 Å². The molecule has 0 aliphatic heterocycles. The lowest BCUT2D eigenvalue weighted by Gasteiger charge is -2.21. The van der Waals surface area contributed by atoms with Crippen LogP contribution in [-0.2, 0) is 4.79 Å². The third-order valence-corrected chi connectivity index (χ3v) is 3.70. The first-order chi connectivity index (χ1) is 12.5. The predicted molar refractivity (Wildman–Crippen MR) is 97.2 cm³/mol. The van der Waals surface area contributed by atoms with Gasteiger partial charge in [0, 0.05) is 0 Å². The minimum absolute atomic E-state index is 0.199. The number of rotatable bonds is 9. The lowest BCUT2D eigenvalue weighted by molar-refractivity contribution is -0.128. The second kappa shape index (κ2) is 9.65. The van der Waals surface area contributed by atoms with E-state index >= 15 is 0 Å². The van der Waals surface area contributed by atoms with Crippen molar-refractivity contribution in [3.05, 3.63) is 54.3 Å². The highest BCUT2D eigenvalue weighted by atomic mass is 19.1. The van der Waals surface area contributed by atoms with Crippen LogP contribution in [0.25, 0.3) is 0 Å². The Labute approximate surface area is 153 Å². The van der Waals surface area contributed by atoms with Gasteiger partial charge < -0.3 is 19.5 Å². The molecule has 0 fully saturated rings. The Morgan fingerprint density at radius 1 is 1.04 bits per heavy atom. The van der Waals surface area contributed by atoms with Crippen LogP contribution in [0.3, 0.4) is 0 Å². The summed E-state index contributed by atoms with van der Waals surface area (Å²) in [5.41, 5.74) is 0. The van der Waals surface area contributed by atoms with Crippen molar-refractivity contribution in [2.45, 2.75) is 32.4 Å². The Bertz CT molecular complexity index is 688. The number of carbonyl (C=O) groups excluding carboxylic acids is 1. The Balaban J connectivity index is 1.82. The molecule has 0 aromatic heterocycles. The van der Waals surface area contributed by atoms with E-state index in [4.69, 9.17) is 14.2 Å². The molecule has 1 N–H and O–H groups in total. The molecule has 2 rings (SSSR count). The molecule has 0 aliphatic rings. The minimum atomic E-state index is -0.649. The lowest BCUT2D eigenvalue weighted by Crippen LogP contribution is -2.44. The maximum atomic E-state index is 12.9. The van der Waals surface area contributed by atoms with Crippen molar-refractivity contribution in [3.63, 3.8) is 0 Å². The Hall–Kier alpha value is -2.76. The van der Waals surface area contributed by atoms with Gasteiger partial charge in [-0.05, 0) is 61.9 Å². The number of methoxy groups -OCH3 is 1. The Morgan fingerprint density at radius 3 is 2.19 bits per heavy atom. The fraction of sp³-hybridized carbons (Fsp3) is 0.350. The zero-order valence-corrected chi connectivity index (χ0v) is 15.2. The molecular formula is C20H24FNO4. The van der Waals surface area contributed by atoms with Crippen LogP contribution in [0.1, 0.15) is 20.3 Å². The number of nitrogens with one attached hydrogen (secondary N) is 1. The summed E-state index contributed by atoms with van der Waals surface area (Å²) in [4.78, 5) is 12.4. The van der Waals surface area contributed by atoms with E-state index in [1.54, 1.807) is 19.2 Å². The molecule has 0 bridgehead atoms. The molecule has 6 heteroatoms. The second-order valence-electron chi connectivity index (χ2n) is 5.86. The van der Waals surface area contributed by atoms with Crippen LogP contribution in [0.4, 0.5) is 4.39 Å². The minimum Gasteiger partial charge on any atom is -0.497 e. The summed E-state index contributed by atoms with van der Waals surface area (Å²) in [5.74, 6) is 1.32. The van der Waals surface area contributed by atoms with Crippen molar-refractivity contribution >= 4 is 5.91 Å². The van der Waals surface area contributed by atoms with Crippen LogP contribution < -0.4 is 19.5 Å². The summed E-state index contributed by atoms with van der Waals surface area (Å²) in [6, 6.07) is 12.6. The van der Waals surface area contributed by atoms with Gasteiger partial charge in [0.2, 0.25) is 0 Å². The smallest absolute Gasteiger partial charge is 0.261 e. The number of ether oxygens (including phenoxy) is 3. The monoisotopic (exact) mass is 361 g/mol. The molecule has 26 heavy (non-hydrogen) atoms. The molecule has 2 aromatic rings. The molecule has 0 saturated carbocycles. The average Bonchev–Trinajstić information content (AvgIpc) is 2.66. The first-order valence-electron chi connectivity index (χ1n) is 8.51. The highest BCUT2D eigenvalue weighted by Crippen LogP contribution is 2.17. The quantitative estimate of drug-likeness (QED) is 0.742. The third kappa shape index (κ3) is 5.95. The molecule has 1 amide bonds. The summed E-state index contributed by atoms with van der Waals surface area (Å²) in [7, 11) is 1.60. The van der Waals surface area contributed by atoms with Crippen molar-refractivity contribution in [3.8, 4) is 17.2 Å². The molecular weight excluding hydrogens is 337 g/mol. The predicted octanol–water partition coefficient (Wildman–Crippen LogP) is 3.58. The molecule has 5 nitrogen and oxygen atoms in total. The topological polar surface area (TPSA) is 56.8 Å². The van der Waals surface area contributed by atoms with E-state index in [9.17, 15) is 9.18 Å². The molecule has 0 saturated heterocycles. The van der Waals surface area contributed by atoms with Crippen LogP contribution in [0, 0.1) is 5.82 Å². The molecule has 0 aliphatic carbocycles. The number of benzene rings is 2. The molecule has 0 spiro atoms. The molecule has 0 radical (unpaired) electrons. The zero-order chi connectivity index (χ0) is 18.9. The maximum Gasteiger partial charge on any atom is 0.261 e. The largest absolute Gasteiger partial charge is 0.497 e. The highest BCUT2D eigenvalue weighted by molar-refractivity contribution is 5.81. The molecule has 2 atom stereocenters. The van der Waals surface area contributed by atoms with Gasteiger partial charge >= 0.3 is 0 Å². The number of halogens is 1. The molecule has 2 aromatic carbocycles. The SMILES string of the molecule is CC[C@H](Oc1ccc(F)cc1)C(=O)N[C@H](C)COc1ccc(OC)cc1. The van der Waals surface area contributed by atoms with E-state index in [1.807, 2.05) is 26.0 Å². The molecule has 0 unspecified atom stereocenters. The van der Waals surface area contributed by atoms with Gasteiger partial charge in [0.1, 0.15) is 29.7 Å². The summed E-state index contributed by atoms with van der Waals surface area (Å²) in [6.45, 7) is 4.03. The van der Waals surface area contributed by atoms with Crippen LogP contribution in [-0.4, -0.2) is 31.8 Å². The van der Waals surface area contributed by atoms with Crippen LogP contribution >= 0.6 is 0 Å². The van der Waals surface area contributed by atoms with E-state index in [2.05, 4.69) is 5.32 Å². The van der Waals surface area contributed by atoms with Gasteiger partial charge in [-0.1, -0.05) is 6.92 Å². The van der Waals surface area contributed by atoms with Gasteiger partial charge in [-0.15, -0.1) is 0 Å². The van der Waals surface area contributed by atoms with Gasteiger partial charge in [-0.2, -0.15) is 0 Å². The van der Waals surface area contributed by atoms with Crippen molar-refractivity contribution in [2.24, 2.45) is 0 Å². The maximum absolute atomic E-state index is 12.9. The number of amides is 1. The average molecular weight is 361 g/mol. The summed E-state index contributed by atoms with van der Waals surface area (Å²) in [5, 5.41) is 2.87. The number of hydrogen-bond acceptors (Lipinski definition) is 4. The van der Waals surface area contributed by atoms with E-state index in [1.165, 1.54) is 24.3 Å². The third-order valence-electron chi connectivity index (χ3n) is 3.70.